The van der Waals surface area contributed by atoms with Gasteiger partial charge in [0.25, 0.3) is 5.91 Å². The molecule has 0 fully saturated rings. The smallest absolute Gasteiger partial charge is 0.341 e. The molecule has 0 spiro atoms. The average Bonchev–Trinajstić information content (AvgIpc) is 3.53. The first-order valence-corrected chi connectivity index (χ1v) is 14.1. The lowest BCUT2D eigenvalue weighted by Crippen LogP contribution is -2.23. The largest absolute Gasteiger partial charge is 0.462 e. The molecular weight excluding hydrogens is 506 g/mol. The molecule has 0 aromatic carbocycles. The van der Waals surface area contributed by atoms with Crippen molar-refractivity contribution < 1.29 is 19.1 Å². The molecule has 35 heavy (non-hydrogen) atoms. The van der Waals surface area contributed by atoms with Gasteiger partial charge in [-0.1, -0.05) is 24.2 Å². The number of carbonyl (C=O) groups is 3. The summed E-state index contributed by atoms with van der Waals surface area (Å²) in [6, 6.07) is 3.58. The maximum absolute atomic E-state index is 12.8. The van der Waals surface area contributed by atoms with Crippen LogP contribution in [0.4, 0.5) is 5.00 Å². The van der Waals surface area contributed by atoms with E-state index in [0.717, 1.165) is 42.5 Å². The van der Waals surface area contributed by atoms with E-state index in [9.17, 15) is 14.4 Å². The number of fused-ring (bicyclic) bond motifs is 1. The van der Waals surface area contributed by atoms with Crippen LogP contribution >= 0.6 is 34.4 Å². The number of rotatable bonds is 9. The number of hydrogen-bond acceptors (Lipinski definition) is 9. The fraction of sp³-hybridized carbons (Fsp3) is 0.435. The molecule has 0 atom stereocenters. The minimum Gasteiger partial charge on any atom is -0.462 e. The Bertz CT molecular complexity index is 1200. The number of aromatic nitrogens is 3. The second kappa shape index (κ2) is 11.8. The number of thiophene rings is 2. The highest BCUT2D eigenvalue weighted by atomic mass is 32.2. The number of aryl methyl sites for hydroxylation is 1. The molecule has 9 nitrogen and oxygen atoms in total. The SMILES string of the molecule is CCOC(=O)c1c(NC(=O)CSc2nnc(CNC(=O)c3cccs3)n2C)sc2c1CCCCC2. The molecule has 1 aliphatic carbocycles. The monoisotopic (exact) mass is 533 g/mol. The number of nitrogens with zero attached hydrogens (tertiary/aromatic N) is 3. The molecule has 2 amide bonds. The van der Waals surface area contributed by atoms with Crippen molar-refractivity contribution in [3.8, 4) is 0 Å². The van der Waals surface area contributed by atoms with Crippen molar-refractivity contribution in [1.82, 2.24) is 20.1 Å². The zero-order valence-electron chi connectivity index (χ0n) is 19.6. The quantitative estimate of drug-likeness (QED) is 0.242. The Morgan fingerprint density at radius 1 is 1.20 bits per heavy atom. The van der Waals surface area contributed by atoms with E-state index in [2.05, 4.69) is 20.8 Å². The van der Waals surface area contributed by atoms with Crippen molar-refractivity contribution in [2.24, 2.45) is 7.05 Å². The van der Waals surface area contributed by atoms with Gasteiger partial charge in [-0.2, -0.15) is 0 Å². The third-order valence-electron chi connectivity index (χ3n) is 5.56. The molecule has 0 radical (unpaired) electrons. The minimum absolute atomic E-state index is 0.109. The first-order valence-electron chi connectivity index (χ1n) is 11.4. The molecule has 2 N–H and O–H groups in total. The molecule has 0 aliphatic heterocycles. The zero-order valence-corrected chi connectivity index (χ0v) is 22.0. The van der Waals surface area contributed by atoms with E-state index in [1.54, 1.807) is 24.6 Å². The summed E-state index contributed by atoms with van der Waals surface area (Å²) < 4.78 is 7.04. The van der Waals surface area contributed by atoms with Crippen LogP contribution in [-0.4, -0.2) is 44.9 Å². The first-order chi connectivity index (χ1) is 17.0. The van der Waals surface area contributed by atoms with Crippen LogP contribution in [0.2, 0.25) is 0 Å². The predicted octanol–water partition coefficient (Wildman–Crippen LogP) is 4.04. The highest BCUT2D eigenvalue weighted by molar-refractivity contribution is 7.99. The molecule has 3 aromatic rings. The fourth-order valence-electron chi connectivity index (χ4n) is 3.82. The van der Waals surface area contributed by atoms with E-state index in [0.29, 0.717) is 26.4 Å². The van der Waals surface area contributed by atoms with E-state index in [1.165, 1.54) is 34.4 Å². The number of nitrogens with one attached hydrogen (secondary N) is 2. The molecule has 0 saturated heterocycles. The normalized spacial score (nSPS) is 13.1. The number of ether oxygens (including phenoxy) is 1. The Balaban J connectivity index is 1.37. The first kappa shape index (κ1) is 25.4. The molecule has 0 unspecified atom stereocenters. The second-order valence-electron chi connectivity index (χ2n) is 7.94. The van der Waals surface area contributed by atoms with E-state index in [-0.39, 0.29) is 36.7 Å². The lowest BCUT2D eigenvalue weighted by Gasteiger charge is -2.08. The molecule has 0 saturated carbocycles. The van der Waals surface area contributed by atoms with E-state index in [4.69, 9.17) is 4.74 Å². The van der Waals surface area contributed by atoms with Crippen molar-refractivity contribution in [3.63, 3.8) is 0 Å². The number of thioether (sulfide) groups is 1. The van der Waals surface area contributed by atoms with Gasteiger partial charge in [-0.25, -0.2) is 4.79 Å². The summed E-state index contributed by atoms with van der Waals surface area (Å²) in [5.74, 6) is -0.0733. The maximum atomic E-state index is 12.8. The van der Waals surface area contributed by atoms with E-state index < -0.39 is 0 Å². The Morgan fingerprint density at radius 3 is 2.80 bits per heavy atom. The average molecular weight is 534 g/mol. The molecule has 12 heteroatoms. The van der Waals surface area contributed by atoms with Gasteiger partial charge in [-0.05, 0) is 49.6 Å². The number of carbonyl (C=O) groups excluding carboxylic acids is 3. The van der Waals surface area contributed by atoms with Gasteiger partial charge in [0.05, 0.1) is 29.3 Å². The van der Waals surface area contributed by atoms with Crippen molar-refractivity contribution in [2.75, 3.05) is 17.7 Å². The molecule has 0 bridgehead atoms. The number of amides is 2. The summed E-state index contributed by atoms with van der Waals surface area (Å²) in [6.45, 7) is 2.30. The molecule has 186 valence electrons. The van der Waals surface area contributed by atoms with E-state index >= 15 is 0 Å². The van der Waals surface area contributed by atoms with Gasteiger partial charge in [0.2, 0.25) is 5.91 Å². The zero-order chi connectivity index (χ0) is 24.8. The Labute approximate surface area is 215 Å². The lowest BCUT2D eigenvalue weighted by atomic mass is 10.1. The van der Waals surface area contributed by atoms with Gasteiger partial charge < -0.3 is 19.9 Å². The maximum Gasteiger partial charge on any atom is 0.341 e. The van der Waals surface area contributed by atoms with Crippen molar-refractivity contribution in [2.45, 2.75) is 50.7 Å². The summed E-state index contributed by atoms with van der Waals surface area (Å²) in [5, 5.41) is 17.0. The molecule has 1 aliphatic rings. The van der Waals surface area contributed by atoms with Crippen molar-refractivity contribution in [3.05, 3.63) is 44.2 Å². The Kier molecular flexibility index (Phi) is 8.58. The van der Waals surface area contributed by atoms with Crippen LogP contribution in [0.5, 0.6) is 0 Å². The predicted molar refractivity (Wildman–Crippen MR) is 137 cm³/mol. The van der Waals surface area contributed by atoms with Crippen molar-refractivity contribution in [1.29, 1.82) is 0 Å². The fourth-order valence-corrected chi connectivity index (χ4v) is 6.49. The molecule has 3 heterocycles. The van der Waals surface area contributed by atoms with Crippen LogP contribution in [0.1, 0.15) is 62.5 Å². The van der Waals surface area contributed by atoms with Crippen LogP contribution < -0.4 is 10.6 Å². The van der Waals surface area contributed by atoms with E-state index in [1.807, 2.05) is 11.4 Å². The van der Waals surface area contributed by atoms with Gasteiger partial charge in [0.15, 0.2) is 11.0 Å². The summed E-state index contributed by atoms with van der Waals surface area (Å²) in [7, 11) is 1.79. The molecular formula is C23H27N5O4S3. The topological polar surface area (TPSA) is 115 Å². The van der Waals surface area contributed by atoms with Crippen LogP contribution in [0.3, 0.4) is 0 Å². The molecule has 4 rings (SSSR count). The number of anilines is 1. The summed E-state index contributed by atoms with van der Waals surface area (Å²) in [5.41, 5.74) is 1.53. The van der Waals surface area contributed by atoms with Crippen molar-refractivity contribution >= 4 is 57.2 Å². The minimum atomic E-state index is -0.377. The van der Waals surface area contributed by atoms with Crippen LogP contribution in [0.15, 0.2) is 22.7 Å². The molecule has 3 aromatic heterocycles. The van der Waals surface area contributed by atoms with Crippen LogP contribution in [0, 0.1) is 0 Å². The third kappa shape index (κ3) is 6.11. The summed E-state index contributed by atoms with van der Waals surface area (Å²) in [6.07, 6.45) is 5.00. The highest BCUT2D eigenvalue weighted by Gasteiger charge is 2.26. The Hall–Kier alpha value is -2.70. The second-order valence-corrected chi connectivity index (χ2v) is 10.9. The standard InChI is InChI=1S/C23H27N5O4S3/c1-3-32-22(31)19-14-8-5-4-6-9-15(14)35-21(19)25-18(29)13-34-23-27-26-17(28(23)2)12-24-20(30)16-10-7-11-33-16/h7,10-11H,3-6,8-9,12-13H2,1-2H3,(H,24,30)(H,25,29). The number of hydrogen-bond donors (Lipinski definition) is 2. The van der Waals surface area contributed by atoms with Gasteiger partial charge in [0.1, 0.15) is 5.00 Å². The van der Waals surface area contributed by atoms with Gasteiger partial charge in [0, 0.05) is 11.9 Å². The van der Waals surface area contributed by atoms with Gasteiger partial charge in [-0.3, -0.25) is 9.59 Å². The lowest BCUT2D eigenvalue weighted by molar-refractivity contribution is -0.113. The van der Waals surface area contributed by atoms with Crippen LogP contribution in [0.25, 0.3) is 0 Å². The summed E-state index contributed by atoms with van der Waals surface area (Å²) >= 11 is 4.10. The third-order valence-corrected chi connectivity index (χ3v) is 8.66. The van der Waals surface area contributed by atoms with Crippen LogP contribution in [-0.2, 0) is 36.0 Å². The summed E-state index contributed by atoms with van der Waals surface area (Å²) in [4.78, 5) is 39.4. The number of esters is 1. The highest BCUT2D eigenvalue weighted by Crippen LogP contribution is 2.38. The van der Waals surface area contributed by atoms with Gasteiger partial charge >= 0.3 is 5.97 Å². The Morgan fingerprint density at radius 2 is 2.03 bits per heavy atom. The van der Waals surface area contributed by atoms with Gasteiger partial charge in [-0.15, -0.1) is 32.9 Å².